The highest BCUT2D eigenvalue weighted by Crippen LogP contribution is 2.49. The maximum atomic E-state index is 6.58. The van der Waals surface area contributed by atoms with Crippen LogP contribution in [0.4, 0.5) is 0 Å². The number of hydrogen-bond donors (Lipinski definition) is 0. The summed E-state index contributed by atoms with van der Waals surface area (Å²) >= 11 is 0. The molecule has 0 aromatic heterocycles. The van der Waals surface area contributed by atoms with E-state index in [4.69, 9.17) is 9.47 Å². The largest absolute Gasteiger partial charge is 0.493 e. The Morgan fingerprint density at radius 3 is 1.40 bits per heavy atom. The standard InChI is InChI=1S/C46H70O2/c1-31(2)17-15-19-35(7)39-23-21-37(9)45-41(39)27-33(5)29-43(45)47-25-13-11-12-14-26-48-44-30-34(6)28-42-40(24-22-38(10)46(42)44)36(8)20-16-18-32(3)4/h17-18,27-30,35-40H,11-16,19-26H2,1-10H3/t35-,36-,37+,38+,39?,40?/m0/s1. The second kappa shape index (κ2) is 18.5. The molecule has 0 aliphatic heterocycles. The van der Waals surface area contributed by atoms with Gasteiger partial charge in [-0.1, -0.05) is 63.1 Å². The quantitative estimate of drug-likeness (QED) is 0.125. The Morgan fingerprint density at radius 2 is 1.02 bits per heavy atom. The molecule has 2 unspecified atom stereocenters. The summed E-state index contributed by atoms with van der Waals surface area (Å²) in [5.74, 6) is 6.14. The van der Waals surface area contributed by atoms with E-state index in [-0.39, 0.29) is 0 Å². The van der Waals surface area contributed by atoms with Gasteiger partial charge < -0.3 is 9.47 Å². The van der Waals surface area contributed by atoms with Gasteiger partial charge in [-0.2, -0.15) is 0 Å². The molecule has 2 heteroatoms. The lowest BCUT2D eigenvalue weighted by Crippen LogP contribution is -2.20. The number of ether oxygens (including phenoxy) is 2. The minimum absolute atomic E-state index is 0.574. The van der Waals surface area contributed by atoms with Crippen LogP contribution in [0.15, 0.2) is 47.6 Å². The molecule has 48 heavy (non-hydrogen) atoms. The van der Waals surface area contributed by atoms with Crippen molar-refractivity contribution in [1.29, 1.82) is 0 Å². The summed E-state index contributed by atoms with van der Waals surface area (Å²) in [4.78, 5) is 0. The zero-order chi connectivity index (χ0) is 34.8. The van der Waals surface area contributed by atoms with Crippen LogP contribution in [-0.4, -0.2) is 13.2 Å². The summed E-state index contributed by atoms with van der Waals surface area (Å²) in [6.07, 6.45) is 19.4. The number of benzene rings is 2. The molecule has 0 fully saturated rings. The van der Waals surface area contributed by atoms with E-state index in [1.54, 1.807) is 11.1 Å². The molecule has 2 nitrogen and oxygen atoms in total. The Labute approximate surface area is 296 Å². The molecule has 0 amide bonds. The second-order valence-corrected chi connectivity index (χ2v) is 16.5. The average molecular weight is 655 g/mol. The molecule has 2 aliphatic carbocycles. The third-order valence-corrected chi connectivity index (χ3v) is 11.5. The van der Waals surface area contributed by atoms with Crippen molar-refractivity contribution in [2.24, 2.45) is 11.8 Å². The molecule has 0 saturated carbocycles. The Morgan fingerprint density at radius 1 is 0.625 bits per heavy atom. The molecule has 0 spiro atoms. The second-order valence-electron chi connectivity index (χ2n) is 16.5. The van der Waals surface area contributed by atoms with Gasteiger partial charge in [0.1, 0.15) is 11.5 Å². The topological polar surface area (TPSA) is 18.5 Å². The zero-order valence-corrected chi connectivity index (χ0v) is 32.6. The van der Waals surface area contributed by atoms with E-state index in [1.807, 2.05) is 0 Å². The van der Waals surface area contributed by atoms with E-state index < -0.39 is 0 Å². The van der Waals surface area contributed by atoms with Crippen molar-refractivity contribution in [3.8, 4) is 11.5 Å². The van der Waals surface area contributed by atoms with Crippen LogP contribution in [0.25, 0.3) is 0 Å². The van der Waals surface area contributed by atoms with Crippen LogP contribution in [0, 0.1) is 25.7 Å². The first kappa shape index (κ1) is 38.3. The number of fused-ring (bicyclic) bond motifs is 2. The van der Waals surface area contributed by atoms with Gasteiger partial charge in [-0.3, -0.25) is 0 Å². The van der Waals surface area contributed by atoms with Crippen molar-refractivity contribution in [1.82, 2.24) is 0 Å². The van der Waals surface area contributed by atoms with Crippen LogP contribution in [0.3, 0.4) is 0 Å². The maximum absolute atomic E-state index is 6.58. The summed E-state index contributed by atoms with van der Waals surface area (Å²) < 4.78 is 13.2. The van der Waals surface area contributed by atoms with E-state index in [0.29, 0.717) is 35.5 Å². The van der Waals surface area contributed by atoms with E-state index in [0.717, 1.165) is 37.6 Å². The van der Waals surface area contributed by atoms with Crippen molar-refractivity contribution >= 4 is 0 Å². The van der Waals surface area contributed by atoms with Crippen LogP contribution in [0.5, 0.6) is 11.5 Å². The van der Waals surface area contributed by atoms with Crippen molar-refractivity contribution in [3.63, 3.8) is 0 Å². The first-order valence-electron chi connectivity index (χ1n) is 19.8. The maximum Gasteiger partial charge on any atom is 0.123 e. The molecule has 266 valence electrons. The minimum Gasteiger partial charge on any atom is -0.493 e. The summed E-state index contributed by atoms with van der Waals surface area (Å²) in [7, 11) is 0. The first-order valence-corrected chi connectivity index (χ1v) is 19.8. The van der Waals surface area contributed by atoms with Gasteiger partial charge in [-0.15, -0.1) is 0 Å². The van der Waals surface area contributed by atoms with Crippen LogP contribution < -0.4 is 9.47 Å². The SMILES string of the molecule is CC(C)=CCC[C@H](C)C1CC[C@@H](C)c2c(OCCCCCCOc3cc(C)cc4c3[C@H](C)CCC4[C@@H](C)CCC=C(C)C)cc(C)cc21. The smallest absolute Gasteiger partial charge is 0.123 e. The van der Waals surface area contributed by atoms with Gasteiger partial charge >= 0.3 is 0 Å². The Hall–Kier alpha value is -2.48. The number of hydrogen-bond acceptors (Lipinski definition) is 2. The van der Waals surface area contributed by atoms with Crippen molar-refractivity contribution < 1.29 is 9.47 Å². The van der Waals surface area contributed by atoms with Gasteiger partial charge in [0, 0.05) is 11.1 Å². The van der Waals surface area contributed by atoms with Crippen LogP contribution in [0.2, 0.25) is 0 Å². The number of unbranched alkanes of at least 4 members (excludes halogenated alkanes) is 3. The highest BCUT2D eigenvalue weighted by molar-refractivity contribution is 5.50. The number of aryl methyl sites for hydroxylation is 2. The normalized spacial score (nSPS) is 21.5. The summed E-state index contributed by atoms with van der Waals surface area (Å²) in [5, 5.41) is 0. The van der Waals surface area contributed by atoms with Crippen LogP contribution in [0.1, 0.15) is 189 Å². The van der Waals surface area contributed by atoms with Crippen LogP contribution in [-0.2, 0) is 0 Å². The van der Waals surface area contributed by atoms with Gasteiger partial charge in [0.05, 0.1) is 13.2 Å². The predicted molar refractivity (Wildman–Crippen MR) is 208 cm³/mol. The van der Waals surface area contributed by atoms with Crippen LogP contribution >= 0.6 is 0 Å². The van der Waals surface area contributed by atoms with E-state index in [9.17, 15) is 0 Å². The third kappa shape index (κ3) is 10.5. The fraction of sp³-hybridized carbons (Fsp3) is 0.652. The highest BCUT2D eigenvalue weighted by atomic mass is 16.5. The van der Waals surface area contributed by atoms with Gasteiger partial charge in [0.15, 0.2) is 0 Å². The van der Waals surface area contributed by atoms with Gasteiger partial charge in [-0.25, -0.2) is 0 Å². The van der Waals surface area contributed by atoms with Crippen molar-refractivity contribution in [3.05, 3.63) is 80.9 Å². The molecule has 0 heterocycles. The molecular weight excluding hydrogens is 585 g/mol. The summed E-state index contributed by atoms with van der Waals surface area (Å²) in [5.41, 5.74) is 11.7. The molecule has 6 atom stereocenters. The van der Waals surface area contributed by atoms with Gasteiger partial charge in [-0.05, 0) is 188 Å². The lowest BCUT2D eigenvalue weighted by molar-refractivity contribution is 0.278. The molecule has 2 aliphatic rings. The van der Waals surface area contributed by atoms with Gasteiger partial charge in [0.2, 0.25) is 0 Å². The number of allylic oxidation sites excluding steroid dienone is 4. The van der Waals surface area contributed by atoms with Crippen molar-refractivity contribution in [2.75, 3.05) is 13.2 Å². The lowest BCUT2D eigenvalue weighted by Gasteiger charge is -2.35. The molecular formula is C46H70O2. The van der Waals surface area contributed by atoms with Crippen molar-refractivity contribution in [2.45, 2.75) is 170 Å². The molecule has 2 aromatic carbocycles. The Balaban J connectivity index is 1.27. The number of rotatable bonds is 17. The summed E-state index contributed by atoms with van der Waals surface area (Å²) in [6.45, 7) is 24.7. The third-order valence-electron chi connectivity index (χ3n) is 11.5. The lowest BCUT2D eigenvalue weighted by atomic mass is 9.71. The fourth-order valence-electron chi connectivity index (χ4n) is 8.73. The first-order chi connectivity index (χ1) is 23.0. The molecule has 0 N–H and O–H groups in total. The molecule has 0 bridgehead atoms. The fourth-order valence-corrected chi connectivity index (χ4v) is 8.73. The summed E-state index contributed by atoms with van der Waals surface area (Å²) in [6, 6.07) is 9.55. The van der Waals surface area contributed by atoms with E-state index in [2.05, 4.69) is 106 Å². The van der Waals surface area contributed by atoms with E-state index in [1.165, 1.54) is 97.6 Å². The van der Waals surface area contributed by atoms with Gasteiger partial charge in [0.25, 0.3) is 0 Å². The Bertz CT molecular complexity index is 1270. The highest BCUT2D eigenvalue weighted by Gasteiger charge is 2.32. The Kier molecular flexibility index (Phi) is 14.8. The molecule has 2 aromatic rings. The molecule has 0 saturated heterocycles. The molecule has 0 radical (unpaired) electrons. The minimum atomic E-state index is 0.574. The zero-order valence-electron chi connectivity index (χ0n) is 32.6. The average Bonchev–Trinajstić information content (AvgIpc) is 3.01. The van der Waals surface area contributed by atoms with E-state index >= 15 is 0 Å². The predicted octanol–water partition coefficient (Wildman–Crippen LogP) is 14.0. The monoisotopic (exact) mass is 655 g/mol. The molecule has 4 rings (SSSR count).